The Labute approximate surface area is 170 Å². The van der Waals surface area contributed by atoms with Gasteiger partial charge in [-0.2, -0.15) is 0 Å². The van der Waals surface area contributed by atoms with Crippen molar-refractivity contribution in [1.29, 1.82) is 0 Å². The van der Waals surface area contributed by atoms with Crippen molar-refractivity contribution >= 4 is 35.0 Å². The molecule has 0 radical (unpaired) electrons. The van der Waals surface area contributed by atoms with Crippen molar-refractivity contribution in [2.24, 2.45) is 17.8 Å². The van der Waals surface area contributed by atoms with Crippen molar-refractivity contribution in [2.75, 3.05) is 11.9 Å². The predicted molar refractivity (Wildman–Crippen MR) is 107 cm³/mol. The lowest BCUT2D eigenvalue weighted by Crippen LogP contribution is -2.53. The number of benzene rings is 1. The SMILES string of the molecule is CCCCN1C(=O)[C@H]2[C@H](CC(C)C)N[C@@]3(C(=O)Nc4c(Cl)cccc43)[C@@H]2C1=O. The van der Waals surface area contributed by atoms with Crippen LogP contribution in [0.4, 0.5) is 5.69 Å². The first kappa shape index (κ1) is 19.4. The first-order valence-corrected chi connectivity index (χ1v) is 10.4. The number of carbonyl (C=O) groups is 3. The Kier molecular flexibility index (Phi) is 4.74. The minimum absolute atomic E-state index is 0.151. The van der Waals surface area contributed by atoms with E-state index in [1.165, 1.54) is 4.90 Å². The Hall–Kier alpha value is -1.92. The van der Waals surface area contributed by atoms with Gasteiger partial charge in [-0.1, -0.05) is 50.9 Å². The number of amides is 3. The van der Waals surface area contributed by atoms with Crippen molar-refractivity contribution in [1.82, 2.24) is 10.2 Å². The summed E-state index contributed by atoms with van der Waals surface area (Å²) >= 11 is 6.32. The summed E-state index contributed by atoms with van der Waals surface area (Å²) in [6.07, 6.45) is 2.37. The molecule has 0 unspecified atom stereocenters. The van der Waals surface area contributed by atoms with Gasteiger partial charge in [-0.25, -0.2) is 0 Å². The van der Waals surface area contributed by atoms with Gasteiger partial charge in [0.1, 0.15) is 5.54 Å². The number of para-hydroxylation sites is 1. The number of nitrogens with one attached hydrogen (secondary N) is 2. The minimum Gasteiger partial charge on any atom is -0.323 e. The average molecular weight is 404 g/mol. The highest BCUT2D eigenvalue weighted by molar-refractivity contribution is 6.35. The molecule has 1 spiro atoms. The number of hydrogen-bond donors (Lipinski definition) is 2. The molecule has 0 aromatic heterocycles. The molecule has 2 fully saturated rings. The molecule has 4 rings (SSSR count). The maximum atomic E-state index is 13.4. The van der Waals surface area contributed by atoms with E-state index in [4.69, 9.17) is 11.6 Å². The van der Waals surface area contributed by atoms with E-state index in [-0.39, 0.29) is 23.8 Å². The van der Waals surface area contributed by atoms with Crippen LogP contribution in [0.5, 0.6) is 0 Å². The second kappa shape index (κ2) is 6.85. The lowest BCUT2D eigenvalue weighted by molar-refractivity contribution is -0.142. The zero-order valence-electron chi connectivity index (χ0n) is 16.4. The van der Waals surface area contributed by atoms with E-state index in [1.54, 1.807) is 12.1 Å². The quantitative estimate of drug-likeness (QED) is 0.741. The molecule has 3 amide bonds. The molecule has 150 valence electrons. The lowest BCUT2D eigenvalue weighted by Gasteiger charge is -2.29. The molecular formula is C21H26ClN3O3. The maximum Gasteiger partial charge on any atom is 0.250 e. The number of hydrogen-bond acceptors (Lipinski definition) is 4. The van der Waals surface area contributed by atoms with E-state index < -0.39 is 17.4 Å². The summed E-state index contributed by atoms with van der Waals surface area (Å²) in [5.74, 6) is -1.63. The average Bonchev–Trinajstić information content (AvgIpc) is 3.20. The zero-order chi connectivity index (χ0) is 20.2. The van der Waals surface area contributed by atoms with Gasteiger partial charge in [0.25, 0.3) is 0 Å². The van der Waals surface area contributed by atoms with Gasteiger partial charge in [-0.05, 0) is 24.8 Å². The van der Waals surface area contributed by atoms with Crippen LogP contribution in [0.3, 0.4) is 0 Å². The zero-order valence-corrected chi connectivity index (χ0v) is 17.2. The van der Waals surface area contributed by atoms with Gasteiger partial charge in [0.05, 0.1) is 22.5 Å². The number of rotatable bonds is 5. The Balaban J connectivity index is 1.84. The molecule has 7 heteroatoms. The molecule has 0 saturated carbocycles. The standard InChI is InChI=1S/C21H26ClN3O3/c1-4-5-9-25-18(26)15-14(10-11(2)3)24-21(16(15)19(25)27)12-7-6-8-13(22)17(12)23-20(21)28/h6-8,11,14-16,24H,4-5,9-10H2,1-3H3,(H,23,28)/t14-,15-,16-,21+/m0/s1. The number of unbranched alkanes of at least 4 members (excludes halogenated alkanes) is 1. The van der Waals surface area contributed by atoms with E-state index in [2.05, 4.69) is 24.5 Å². The van der Waals surface area contributed by atoms with Crippen molar-refractivity contribution in [3.8, 4) is 0 Å². The van der Waals surface area contributed by atoms with E-state index in [1.807, 2.05) is 13.0 Å². The van der Waals surface area contributed by atoms with Crippen LogP contribution in [-0.4, -0.2) is 35.2 Å². The highest BCUT2D eigenvalue weighted by atomic mass is 35.5. The van der Waals surface area contributed by atoms with Crippen LogP contribution in [0.15, 0.2) is 18.2 Å². The third-order valence-corrected chi connectivity index (χ3v) is 6.57. The highest BCUT2D eigenvalue weighted by Crippen LogP contribution is 2.54. The number of nitrogens with zero attached hydrogens (tertiary/aromatic N) is 1. The summed E-state index contributed by atoms with van der Waals surface area (Å²) in [6.45, 7) is 6.60. The largest absolute Gasteiger partial charge is 0.323 e. The van der Waals surface area contributed by atoms with Crippen LogP contribution >= 0.6 is 11.6 Å². The summed E-state index contributed by atoms with van der Waals surface area (Å²) in [4.78, 5) is 41.2. The van der Waals surface area contributed by atoms with E-state index in [0.717, 1.165) is 12.8 Å². The topological polar surface area (TPSA) is 78.5 Å². The second-order valence-corrected chi connectivity index (χ2v) is 8.90. The first-order valence-electron chi connectivity index (χ1n) is 10.1. The Morgan fingerprint density at radius 1 is 1.21 bits per heavy atom. The number of anilines is 1. The molecule has 3 aliphatic rings. The van der Waals surface area contributed by atoms with Gasteiger partial charge in [-0.3, -0.25) is 24.6 Å². The van der Waals surface area contributed by atoms with Crippen molar-refractivity contribution in [3.63, 3.8) is 0 Å². The molecule has 0 bridgehead atoms. The van der Waals surface area contributed by atoms with E-state index in [9.17, 15) is 14.4 Å². The fourth-order valence-corrected chi connectivity index (χ4v) is 5.32. The van der Waals surface area contributed by atoms with Crippen LogP contribution in [0.2, 0.25) is 5.02 Å². The summed E-state index contributed by atoms with van der Waals surface area (Å²) in [5.41, 5.74) is -0.0272. The molecule has 4 atom stereocenters. The first-order chi connectivity index (χ1) is 13.3. The Bertz CT molecular complexity index is 855. The van der Waals surface area contributed by atoms with Gasteiger partial charge < -0.3 is 5.32 Å². The molecule has 2 saturated heterocycles. The monoisotopic (exact) mass is 403 g/mol. The van der Waals surface area contributed by atoms with Crippen molar-refractivity contribution < 1.29 is 14.4 Å². The molecule has 28 heavy (non-hydrogen) atoms. The minimum atomic E-state index is -1.24. The van der Waals surface area contributed by atoms with Crippen LogP contribution in [0.25, 0.3) is 0 Å². The number of imide groups is 1. The van der Waals surface area contributed by atoms with Crippen LogP contribution in [-0.2, 0) is 19.9 Å². The second-order valence-electron chi connectivity index (χ2n) is 8.49. The highest BCUT2D eigenvalue weighted by Gasteiger charge is 2.70. The van der Waals surface area contributed by atoms with Crippen molar-refractivity contribution in [2.45, 2.75) is 51.6 Å². The molecule has 1 aromatic rings. The summed E-state index contributed by atoms with van der Waals surface area (Å²) in [5, 5.41) is 6.73. The van der Waals surface area contributed by atoms with E-state index >= 15 is 0 Å². The lowest BCUT2D eigenvalue weighted by atomic mass is 9.76. The normalized spacial score (nSPS) is 31.1. The number of likely N-dealkylation sites (tertiary alicyclic amines) is 1. The van der Waals surface area contributed by atoms with Gasteiger partial charge >= 0.3 is 0 Å². The molecular weight excluding hydrogens is 378 g/mol. The fourth-order valence-electron chi connectivity index (χ4n) is 5.10. The van der Waals surface area contributed by atoms with Gasteiger partial charge in [0.2, 0.25) is 17.7 Å². The van der Waals surface area contributed by atoms with Crippen LogP contribution in [0, 0.1) is 17.8 Å². The van der Waals surface area contributed by atoms with Gasteiger partial charge in [0, 0.05) is 18.2 Å². The van der Waals surface area contributed by atoms with E-state index in [0.29, 0.717) is 35.2 Å². The molecule has 0 aliphatic carbocycles. The molecule has 1 aromatic carbocycles. The fraction of sp³-hybridized carbons (Fsp3) is 0.571. The number of fused-ring (bicyclic) bond motifs is 4. The summed E-state index contributed by atoms with van der Waals surface area (Å²) < 4.78 is 0. The van der Waals surface area contributed by atoms with Crippen LogP contribution < -0.4 is 10.6 Å². The maximum absolute atomic E-state index is 13.4. The van der Waals surface area contributed by atoms with Crippen LogP contribution in [0.1, 0.15) is 45.6 Å². The summed E-state index contributed by atoms with van der Waals surface area (Å²) in [7, 11) is 0. The predicted octanol–water partition coefficient (Wildman–Crippen LogP) is 2.91. The molecule has 2 N–H and O–H groups in total. The Morgan fingerprint density at radius 2 is 1.96 bits per heavy atom. The number of carbonyl (C=O) groups excluding carboxylic acids is 3. The molecule has 3 heterocycles. The Morgan fingerprint density at radius 3 is 2.64 bits per heavy atom. The van der Waals surface area contributed by atoms with Crippen molar-refractivity contribution in [3.05, 3.63) is 28.8 Å². The molecule has 6 nitrogen and oxygen atoms in total. The van der Waals surface area contributed by atoms with Gasteiger partial charge in [0.15, 0.2) is 0 Å². The third-order valence-electron chi connectivity index (χ3n) is 6.25. The molecule has 3 aliphatic heterocycles. The van der Waals surface area contributed by atoms with Gasteiger partial charge in [-0.15, -0.1) is 0 Å². The third kappa shape index (κ3) is 2.54. The smallest absolute Gasteiger partial charge is 0.250 e. The summed E-state index contributed by atoms with van der Waals surface area (Å²) in [6, 6.07) is 5.09. The number of halogens is 1.